The van der Waals surface area contributed by atoms with Gasteiger partial charge in [-0.15, -0.1) is 0 Å². The van der Waals surface area contributed by atoms with Crippen LogP contribution in [0.25, 0.3) is 0 Å². The van der Waals surface area contributed by atoms with E-state index in [0.717, 1.165) is 0 Å². The van der Waals surface area contributed by atoms with E-state index < -0.39 is 5.91 Å². The molecule has 0 aliphatic rings. The molecule has 0 aliphatic carbocycles. The van der Waals surface area contributed by atoms with Crippen LogP contribution >= 0.6 is 11.6 Å². The van der Waals surface area contributed by atoms with Gasteiger partial charge in [-0.3, -0.25) is 4.79 Å². The number of methoxy groups -OCH3 is 2. The molecule has 2 rings (SSSR count). The topological polar surface area (TPSA) is 83.4 Å². The number of para-hydroxylation sites is 1. The van der Waals surface area contributed by atoms with E-state index in [1.54, 1.807) is 42.5 Å². The lowest BCUT2D eigenvalue weighted by molar-refractivity contribution is -0.112. The lowest BCUT2D eigenvalue weighted by Gasteiger charge is -2.10. The second-order valence-electron chi connectivity index (χ2n) is 4.82. The zero-order valence-corrected chi connectivity index (χ0v) is 14.4. The number of hydrogen-bond acceptors (Lipinski definition) is 5. The minimum Gasteiger partial charge on any atom is -0.493 e. The summed E-state index contributed by atoms with van der Waals surface area (Å²) in [6.07, 6.45) is 1.30. The van der Waals surface area contributed by atoms with Gasteiger partial charge in [-0.2, -0.15) is 5.26 Å². The van der Waals surface area contributed by atoms with Crippen LogP contribution in [0.3, 0.4) is 0 Å². The highest BCUT2D eigenvalue weighted by atomic mass is 35.5. The zero-order chi connectivity index (χ0) is 18.2. The van der Waals surface area contributed by atoms with E-state index in [9.17, 15) is 10.1 Å². The van der Waals surface area contributed by atoms with Crippen molar-refractivity contribution in [3.63, 3.8) is 0 Å². The lowest BCUT2D eigenvalue weighted by Crippen LogP contribution is -2.14. The Hall–Kier alpha value is -3.17. The Kier molecular flexibility index (Phi) is 6.26. The zero-order valence-electron chi connectivity index (χ0n) is 13.7. The summed E-state index contributed by atoms with van der Waals surface area (Å²) in [5, 5.41) is 15.2. The van der Waals surface area contributed by atoms with Crippen molar-refractivity contribution in [1.82, 2.24) is 0 Å². The number of nitrogens with one attached hydrogen (secondary N) is 2. The van der Waals surface area contributed by atoms with Crippen molar-refractivity contribution in [3.8, 4) is 17.6 Å². The summed E-state index contributed by atoms with van der Waals surface area (Å²) in [7, 11) is 3.02. The van der Waals surface area contributed by atoms with Crippen LogP contribution in [-0.2, 0) is 4.79 Å². The van der Waals surface area contributed by atoms with Crippen LogP contribution in [-0.4, -0.2) is 20.1 Å². The number of rotatable bonds is 6. The first-order chi connectivity index (χ1) is 12.1. The van der Waals surface area contributed by atoms with Crippen molar-refractivity contribution in [3.05, 3.63) is 59.3 Å². The molecule has 2 aromatic carbocycles. The van der Waals surface area contributed by atoms with Crippen molar-refractivity contribution in [2.75, 3.05) is 24.9 Å². The van der Waals surface area contributed by atoms with E-state index in [1.807, 2.05) is 6.07 Å². The molecule has 0 saturated heterocycles. The SMILES string of the molecule is COc1ccc(NC(=O)/C(C#N)=C\Nc2ccccc2Cl)cc1OC. The Morgan fingerprint density at radius 3 is 2.52 bits per heavy atom. The summed E-state index contributed by atoms with van der Waals surface area (Å²) in [4.78, 5) is 12.3. The largest absolute Gasteiger partial charge is 0.493 e. The molecule has 0 aliphatic heterocycles. The smallest absolute Gasteiger partial charge is 0.267 e. The molecule has 0 spiro atoms. The first-order valence-corrected chi connectivity index (χ1v) is 7.61. The second-order valence-corrected chi connectivity index (χ2v) is 5.23. The number of benzene rings is 2. The summed E-state index contributed by atoms with van der Waals surface area (Å²) < 4.78 is 10.3. The number of amides is 1. The molecule has 0 saturated carbocycles. The van der Waals surface area contributed by atoms with E-state index in [-0.39, 0.29) is 5.57 Å². The number of nitrogens with zero attached hydrogens (tertiary/aromatic N) is 1. The average Bonchev–Trinajstić information content (AvgIpc) is 2.63. The number of anilines is 2. The molecule has 2 N–H and O–H groups in total. The Morgan fingerprint density at radius 2 is 1.88 bits per heavy atom. The van der Waals surface area contributed by atoms with E-state index in [1.165, 1.54) is 20.4 Å². The Morgan fingerprint density at radius 1 is 1.16 bits per heavy atom. The number of halogens is 1. The summed E-state index contributed by atoms with van der Waals surface area (Å²) in [6.45, 7) is 0. The number of carbonyl (C=O) groups excluding carboxylic acids is 1. The van der Waals surface area contributed by atoms with E-state index >= 15 is 0 Å². The van der Waals surface area contributed by atoms with Gasteiger partial charge >= 0.3 is 0 Å². The molecule has 2 aromatic rings. The van der Waals surface area contributed by atoms with Gasteiger partial charge in [-0.1, -0.05) is 23.7 Å². The van der Waals surface area contributed by atoms with Crippen molar-refractivity contribution >= 4 is 28.9 Å². The molecule has 7 heteroatoms. The van der Waals surface area contributed by atoms with Crippen LogP contribution in [0.2, 0.25) is 5.02 Å². The molecule has 0 radical (unpaired) electrons. The fourth-order valence-corrected chi connectivity index (χ4v) is 2.18. The average molecular weight is 358 g/mol. The first-order valence-electron chi connectivity index (χ1n) is 7.23. The van der Waals surface area contributed by atoms with Gasteiger partial charge in [0, 0.05) is 18.0 Å². The van der Waals surface area contributed by atoms with E-state index in [0.29, 0.717) is 27.9 Å². The highest BCUT2D eigenvalue weighted by Crippen LogP contribution is 2.29. The fraction of sp³-hybridized carbons (Fsp3) is 0.111. The molecule has 25 heavy (non-hydrogen) atoms. The Labute approximate surface area is 150 Å². The van der Waals surface area contributed by atoms with Gasteiger partial charge in [-0.25, -0.2) is 0 Å². The fourth-order valence-electron chi connectivity index (χ4n) is 1.99. The van der Waals surface area contributed by atoms with Crippen LogP contribution in [0, 0.1) is 11.3 Å². The van der Waals surface area contributed by atoms with Crippen LogP contribution in [0.1, 0.15) is 0 Å². The highest BCUT2D eigenvalue weighted by molar-refractivity contribution is 6.33. The standard InChI is InChI=1S/C18H16ClN3O3/c1-24-16-8-7-13(9-17(16)25-2)22-18(23)12(10-20)11-21-15-6-4-3-5-14(15)19/h3-9,11,21H,1-2H3,(H,22,23)/b12-11-. The van der Waals surface area contributed by atoms with Crippen molar-refractivity contribution in [1.29, 1.82) is 5.26 Å². The Balaban J connectivity index is 2.14. The van der Waals surface area contributed by atoms with E-state index in [2.05, 4.69) is 10.6 Å². The monoisotopic (exact) mass is 357 g/mol. The number of carbonyl (C=O) groups is 1. The van der Waals surface area contributed by atoms with Crippen molar-refractivity contribution < 1.29 is 14.3 Å². The predicted molar refractivity (Wildman–Crippen MR) is 96.9 cm³/mol. The second kappa shape index (κ2) is 8.62. The van der Waals surface area contributed by atoms with Gasteiger partial charge in [0.2, 0.25) is 0 Å². The summed E-state index contributed by atoms with van der Waals surface area (Å²) in [5.74, 6) is 0.447. The molecule has 1 amide bonds. The quantitative estimate of drug-likeness (QED) is 0.606. The van der Waals surface area contributed by atoms with Gasteiger partial charge in [0.05, 0.1) is 24.9 Å². The van der Waals surface area contributed by atoms with Crippen molar-refractivity contribution in [2.24, 2.45) is 0 Å². The maximum absolute atomic E-state index is 12.3. The maximum Gasteiger partial charge on any atom is 0.267 e. The molecule has 0 atom stereocenters. The summed E-state index contributed by atoms with van der Waals surface area (Å²) in [5.41, 5.74) is 0.965. The first kappa shape index (κ1) is 18.2. The number of nitriles is 1. The number of hydrogen-bond donors (Lipinski definition) is 2. The molecular weight excluding hydrogens is 342 g/mol. The van der Waals surface area contributed by atoms with Gasteiger partial charge < -0.3 is 20.1 Å². The number of ether oxygens (including phenoxy) is 2. The molecule has 0 heterocycles. The van der Waals surface area contributed by atoms with Crippen molar-refractivity contribution in [2.45, 2.75) is 0 Å². The third-order valence-electron chi connectivity index (χ3n) is 3.25. The molecule has 6 nitrogen and oxygen atoms in total. The third-order valence-corrected chi connectivity index (χ3v) is 3.58. The molecular formula is C18H16ClN3O3. The highest BCUT2D eigenvalue weighted by Gasteiger charge is 2.12. The maximum atomic E-state index is 12.3. The predicted octanol–water partition coefficient (Wildman–Crippen LogP) is 3.82. The van der Waals surface area contributed by atoms with Gasteiger partial charge in [0.15, 0.2) is 11.5 Å². The molecule has 128 valence electrons. The molecule has 0 aromatic heterocycles. The van der Waals surface area contributed by atoms with Gasteiger partial charge in [0.25, 0.3) is 5.91 Å². The summed E-state index contributed by atoms with van der Waals surface area (Å²) >= 11 is 6.02. The minimum atomic E-state index is -0.561. The van der Waals surface area contributed by atoms with Gasteiger partial charge in [-0.05, 0) is 24.3 Å². The summed E-state index contributed by atoms with van der Waals surface area (Å²) in [6, 6.07) is 13.8. The van der Waals surface area contributed by atoms with Crippen LogP contribution in [0.15, 0.2) is 54.2 Å². The van der Waals surface area contributed by atoms with Gasteiger partial charge in [0.1, 0.15) is 11.6 Å². The van der Waals surface area contributed by atoms with Crippen LogP contribution < -0.4 is 20.1 Å². The molecule has 0 bridgehead atoms. The third kappa shape index (κ3) is 4.66. The lowest BCUT2D eigenvalue weighted by atomic mass is 10.2. The van der Waals surface area contributed by atoms with Crippen LogP contribution in [0.5, 0.6) is 11.5 Å². The minimum absolute atomic E-state index is 0.102. The molecule has 0 unspecified atom stereocenters. The van der Waals surface area contributed by atoms with E-state index in [4.69, 9.17) is 21.1 Å². The molecule has 0 fully saturated rings. The van der Waals surface area contributed by atoms with Crippen LogP contribution in [0.4, 0.5) is 11.4 Å². The Bertz CT molecular complexity index is 844. The normalized spacial score (nSPS) is 10.6.